The van der Waals surface area contributed by atoms with Crippen LogP contribution >= 0.6 is 11.3 Å². The SMILES string of the molecule is O=C(NCCO[C@H]1CCCCO1)Nc1ccsc1C(=O)O. The summed E-state index contributed by atoms with van der Waals surface area (Å²) in [4.78, 5) is 22.7. The zero-order valence-electron chi connectivity index (χ0n) is 11.5. The van der Waals surface area contributed by atoms with Gasteiger partial charge in [-0.25, -0.2) is 9.59 Å². The van der Waals surface area contributed by atoms with Crippen molar-refractivity contribution in [3.63, 3.8) is 0 Å². The van der Waals surface area contributed by atoms with Crippen LogP contribution in [0.5, 0.6) is 0 Å². The first-order valence-electron chi connectivity index (χ1n) is 6.75. The second kappa shape index (κ2) is 7.96. The molecule has 1 aromatic rings. The molecule has 21 heavy (non-hydrogen) atoms. The molecule has 7 nitrogen and oxygen atoms in total. The van der Waals surface area contributed by atoms with Gasteiger partial charge in [-0.05, 0) is 30.7 Å². The van der Waals surface area contributed by atoms with Crippen molar-refractivity contribution in [2.24, 2.45) is 0 Å². The number of nitrogens with one attached hydrogen (secondary N) is 2. The topological polar surface area (TPSA) is 96.9 Å². The minimum atomic E-state index is -1.06. The van der Waals surface area contributed by atoms with Crippen molar-refractivity contribution in [3.05, 3.63) is 16.3 Å². The van der Waals surface area contributed by atoms with Crippen LogP contribution in [-0.2, 0) is 9.47 Å². The van der Waals surface area contributed by atoms with Gasteiger partial charge in [-0.3, -0.25) is 0 Å². The predicted octanol–water partition coefficient (Wildman–Crippen LogP) is 2.11. The Bertz CT molecular complexity index is 485. The number of aromatic carboxylic acids is 1. The highest BCUT2D eigenvalue weighted by Gasteiger charge is 2.15. The first kappa shape index (κ1) is 15.7. The highest BCUT2D eigenvalue weighted by Crippen LogP contribution is 2.21. The molecule has 2 amide bonds. The van der Waals surface area contributed by atoms with Gasteiger partial charge in [-0.15, -0.1) is 11.3 Å². The third kappa shape index (κ3) is 5.00. The summed E-state index contributed by atoms with van der Waals surface area (Å²) in [6.07, 6.45) is 2.85. The zero-order valence-corrected chi connectivity index (χ0v) is 12.3. The monoisotopic (exact) mass is 314 g/mol. The lowest BCUT2D eigenvalue weighted by Crippen LogP contribution is -2.33. The van der Waals surface area contributed by atoms with E-state index >= 15 is 0 Å². The maximum absolute atomic E-state index is 11.6. The number of thiophene rings is 1. The van der Waals surface area contributed by atoms with E-state index in [1.54, 1.807) is 11.4 Å². The van der Waals surface area contributed by atoms with E-state index < -0.39 is 12.0 Å². The van der Waals surface area contributed by atoms with Gasteiger partial charge >= 0.3 is 12.0 Å². The molecule has 0 aromatic carbocycles. The molecule has 2 rings (SSSR count). The summed E-state index contributed by atoms with van der Waals surface area (Å²) in [5, 5.41) is 15.7. The largest absolute Gasteiger partial charge is 0.477 e. The summed E-state index contributed by atoms with van der Waals surface area (Å²) in [5.41, 5.74) is 0.293. The van der Waals surface area contributed by atoms with Gasteiger partial charge in [0.1, 0.15) is 4.88 Å². The molecule has 0 spiro atoms. The smallest absolute Gasteiger partial charge is 0.348 e. The van der Waals surface area contributed by atoms with E-state index in [9.17, 15) is 9.59 Å². The fourth-order valence-electron chi connectivity index (χ4n) is 1.94. The number of carbonyl (C=O) groups excluding carboxylic acids is 1. The molecule has 1 saturated heterocycles. The Morgan fingerprint density at radius 1 is 1.48 bits per heavy atom. The number of ether oxygens (including phenoxy) is 2. The van der Waals surface area contributed by atoms with Crippen LogP contribution in [0.1, 0.15) is 28.9 Å². The zero-order chi connectivity index (χ0) is 15.1. The summed E-state index contributed by atoms with van der Waals surface area (Å²) >= 11 is 1.06. The van der Waals surface area contributed by atoms with Gasteiger partial charge in [0.25, 0.3) is 0 Å². The van der Waals surface area contributed by atoms with Gasteiger partial charge in [0.05, 0.1) is 12.3 Å². The fraction of sp³-hybridized carbons (Fsp3) is 0.538. The molecule has 0 saturated carbocycles. The Morgan fingerprint density at radius 2 is 2.33 bits per heavy atom. The van der Waals surface area contributed by atoms with Crippen molar-refractivity contribution in [1.29, 1.82) is 0 Å². The molecule has 1 aliphatic rings. The second-order valence-corrected chi connectivity index (χ2v) is 5.43. The summed E-state index contributed by atoms with van der Waals surface area (Å²) in [6, 6.07) is 1.10. The van der Waals surface area contributed by atoms with Gasteiger partial charge in [0.15, 0.2) is 6.29 Å². The van der Waals surface area contributed by atoms with Crippen molar-refractivity contribution >= 4 is 29.0 Å². The molecular formula is C13H18N2O5S. The molecule has 1 aliphatic heterocycles. The number of hydrogen-bond donors (Lipinski definition) is 3. The number of amides is 2. The molecule has 3 N–H and O–H groups in total. The molecule has 1 fully saturated rings. The van der Waals surface area contributed by atoms with Crippen molar-refractivity contribution in [2.45, 2.75) is 25.6 Å². The fourth-order valence-corrected chi connectivity index (χ4v) is 2.62. The van der Waals surface area contributed by atoms with Crippen LogP contribution < -0.4 is 10.6 Å². The van der Waals surface area contributed by atoms with E-state index in [1.807, 2.05) is 0 Å². The Balaban J connectivity index is 1.65. The molecule has 1 atom stereocenters. The quantitative estimate of drug-likeness (QED) is 0.699. The average Bonchev–Trinajstić information content (AvgIpc) is 2.93. The predicted molar refractivity (Wildman–Crippen MR) is 77.8 cm³/mol. The Hall–Kier alpha value is -1.64. The van der Waals surface area contributed by atoms with Gasteiger partial charge in [0, 0.05) is 13.2 Å². The third-order valence-corrected chi connectivity index (χ3v) is 3.84. The first-order valence-corrected chi connectivity index (χ1v) is 7.63. The van der Waals surface area contributed by atoms with E-state index in [4.69, 9.17) is 14.6 Å². The van der Waals surface area contributed by atoms with E-state index in [0.29, 0.717) is 25.4 Å². The highest BCUT2D eigenvalue weighted by atomic mass is 32.1. The van der Waals surface area contributed by atoms with Crippen molar-refractivity contribution in [3.8, 4) is 0 Å². The molecule has 0 aliphatic carbocycles. The number of rotatable bonds is 6. The molecule has 116 valence electrons. The number of hydrogen-bond acceptors (Lipinski definition) is 5. The lowest BCUT2D eigenvalue weighted by atomic mass is 10.2. The maximum Gasteiger partial charge on any atom is 0.348 e. The Kier molecular flexibility index (Phi) is 5.97. The molecule has 0 radical (unpaired) electrons. The number of carbonyl (C=O) groups is 2. The van der Waals surface area contributed by atoms with Crippen molar-refractivity contribution in [2.75, 3.05) is 25.1 Å². The first-order chi connectivity index (χ1) is 10.2. The lowest BCUT2D eigenvalue weighted by Gasteiger charge is -2.22. The minimum Gasteiger partial charge on any atom is -0.477 e. The second-order valence-electron chi connectivity index (χ2n) is 4.52. The summed E-state index contributed by atoms with van der Waals surface area (Å²) in [7, 11) is 0. The Morgan fingerprint density at radius 3 is 3.05 bits per heavy atom. The normalized spacial score (nSPS) is 18.2. The van der Waals surface area contributed by atoms with Crippen LogP contribution in [-0.4, -0.2) is 43.2 Å². The number of urea groups is 1. The van der Waals surface area contributed by atoms with Gasteiger partial charge in [-0.2, -0.15) is 0 Å². The molecule has 2 heterocycles. The maximum atomic E-state index is 11.6. The number of carboxylic acid groups (broad SMARTS) is 1. The molecular weight excluding hydrogens is 296 g/mol. The van der Waals surface area contributed by atoms with E-state index in [-0.39, 0.29) is 11.2 Å². The van der Waals surface area contributed by atoms with Gasteiger partial charge in [-0.1, -0.05) is 0 Å². The molecule has 1 aromatic heterocycles. The van der Waals surface area contributed by atoms with Crippen LogP contribution in [0.4, 0.5) is 10.5 Å². The van der Waals surface area contributed by atoms with Crippen LogP contribution in [0.15, 0.2) is 11.4 Å². The number of anilines is 1. The van der Waals surface area contributed by atoms with Gasteiger partial charge < -0.3 is 25.2 Å². The van der Waals surface area contributed by atoms with Crippen LogP contribution in [0.2, 0.25) is 0 Å². The standard InChI is InChI=1S/C13H18N2O5S/c16-12(17)11-9(4-8-21-11)15-13(18)14-5-7-20-10-3-1-2-6-19-10/h4,8,10H,1-3,5-7H2,(H,16,17)(H2,14,15,18)/t10-/m0/s1. The van der Waals surface area contributed by atoms with E-state index in [1.165, 1.54) is 0 Å². The third-order valence-electron chi connectivity index (χ3n) is 2.94. The lowest BCUT2D eigenvalue weighted by molar-refractivity contribution is -0.160. The Labute approximate surface area is 126 Å². The molecule has 0 bridgehead atoms. The average molecular weight is 314 g/mol. The van der Waals surface area contributed by atoms with Crippen molar-refractivity contribution < 1.29 is 24.2 Å². The summed E-state index contributed by atoms with van der Waals surface area (Å²) < 4.78 is 10.9. The highest BCUT2D eigenvalue weighted by molar-refractivity contribution is 7.12. The van der Waals surface area contributed by atoms with Crippen LogP contribution in [0.25, 0.3) is 0 Å². The minimum absolute atomic E-state index is 0.108. The van der Waals surface area contributed by atoms with Crippen LogP contribution in [0, 0.1) is 0 Å². The summed E-state index contributed by atoms with van der Waals surface area (Å²) in [6.45, 7) is 1.40. The summed E-state index contributed by atoms with van der Waals surface area (Å²) in [5.74, 6) is -1.06. The van der Waals surface area contributed by atoms with Crippen molar-refractivity contribution in [1.82, 2.24) is 5.32 Å². The molecule has 8 heteroatoms. The molecule has 0 unspecified atom stereocenters. The van der Waals surface area contributed by atoms with E-state index in [2.05, 4.69) is 10.6 Å². The van der Waals surface area contributed by atoms with E-state index in [0.717, 1.165) is 30.6 Å². The number of carboxylic acids is 1. The van der Waals surface area contributed by atoms with Gasteiger partial charge in [0.2, 0.25) is 0 Å². The van der Waals surface area contributed by atoms with Crippen LogP contribution in [0.3, 0.4) is 0 Å².